The molecule has 0 radical (unpaired) electrons. The van der Waals surface area contributed by atoms with E-state index in [4.69, 9.17) is 16.7 Å². The number of ketones is 1. The summed E-state index contributed by atoms with van der Waals surface area (Å²) in [6.45, 7) is -0.561. The van der Waals surface area contributed by atoms with Gasteiger partial charge in [0.25, 0.3) is 0 Å². The number of anilines is 1. The number of aliphatic hydroxyl groups is 2. The molecular formula is C16H15ClFNO3. The van der Waals surface area contributed by atoms with Crippen LogP contribution in [0.4, 0.5) is 10.1 Å². The summed E-state index contributed by atoms with van der Waals surface area (Å²) in [7, 11) is 0. The Kier molecular flexibility index (Phi) is 5.49. The predicted octanol–water partition coefficient (Wildman–Crippen LogP) is 2.48. The van der Waals surface area contributed by atoms with Crippen molar-refractivity contribution in [2.45, 2.75) is 6.10 Å². The van der Waals surface area contributed by atoms with Crippen LogP contribution >= 0.6 is 11.6 Å². The van der Waals surface area contributed by atoms with E-state index >= 15 is 0 Å². The summed E-state index contributed by atoms with van der Waals surface area (Å²) in [5.41, 5.74) is 0.419. The third-order valence-corrected chi connectivity index (χ3v) is 3.28. The van der Waals surface area contributed by atoms with E-state index in [9.17, 15) is 14.3 Å². The maximum atomic E-state index is 14.1. The Balaban J connectivity index is 2.39. The highest BCUT2D eigenvalue weighted by molar-refractivity contribution is 6.31. The van der Waals surface area contributed by atoms with E-state index in [1.807, 2.05) is 0 Å². The summed E-state index contributed by atoms with van der Waals surface area (Å²) >= 11 is 5.83. The standard InChI is InChI=1S/C16H15ClFNO3/c17-11-6-13(16(22)10-4-2-1-3-5-10)15(14(18)7-11)19-8-12(21)9-20/h1-7,12,19-21H,8-9H2. The Morgan fingerprint density at radius 2 is 1.95 bits per heavy atom. The van der Waals surface area contributed by atoms with Crippen molar-refractivity contribution < 1.29 is 19.4 Å². The van der Waals surface area contributed by atoms with Crippen molar-refractivity contribution in [3.8, 4) is 0 Å². The van der Waals surface area contributed by atoms with Gasteiger partial charge >= 0.3 is 0 Å². The van der Waals surface area contributed by atoms with Crippen molar-refractivity contribution in [1.82, 2.24) is 0 Å². The summed E-state index contributed by atoms with van der Waals surface area (Å²) in [6.07, 6.45) is -1.06. The van der Waals surface area contributed by atoms with Crippen LogP contribution in [0.15, 0.2) is 42.5 Å². The maximum Gasteiger partial charge on any atom is 0.195 e. The van der Waals surface area contributed by atoms with Gasteiger partial charge in [-0.3, -0.25) is 4.79 Å². The fourth-order valence-electron chi connectivity index (χ4n) is 1.96. The summed E-state index contributed by atoms with van der Waals surface area (Å²) < 4.78 is 14.1. The average molecular weight is 324 g/mol. The number of carbonyl (C=O) groups excluding carboxylic acids is 1. The molecule has 0 amide bonds. The van der Waals surface area contributed by atoms with Gasteiger partial charge in [0.05, 0.1) is 24.0 Å². The molecule has 4 nitrogen and oxygen atoms in total. The van der Waals surface area contributed by atoms with Crippen LogP contribution in [0.3, 0.4) is 0 Å². The Morgan fingerprint density at radius 3 is 2.59 bits per heavy atom. The Hall–Kier alpha value is -1.95. The first-order valence-electron chi connectivity index (χ1n) is 6.64. The number of benzene rings is 2. The van der Waals surface area contributed by atoms with Crippen LogP contribution in [0, 0.1) is 5.82 Å². The van der Waals surface area contributed by atoms with Crippen LogP contribution in [0.5, 0.6) is 0 Å². The van der Waals surface area contributed by atoms with Gasteiger partial charge in [-0.15, -0.1) is 0 Å². The van der Waals surface area contributed by atoms with E-state index in [2.05, 4.69) is 5.32 Å². The minimum Gasteiger partial charge on any atom is -0.394 e. The second-order valence-electron chi connectivity index (χ2n) is 4.72. The SMILES string of the molecule is O=C(c1ccccc1)c1cc(Cl)cc(F)c1NCC(O)CO. The first-order valence-corrected chi connectivity index (χ1v) is 7.02. The third kappa shape index (κ3) is 3.82. The highest BCUT2D eigenvalue weighted by Crippen LogP contribution is 2.27. The second-order valence-corrected chi connectivity index (χ2v) is 5.16. The molecule has 3 N–H and O–H groups in total. The molecule has 0 heterocycles. The van der Waals surface area contributed by atoms with Gasteiger partial charge < -0.3 is 15.5 Å². The molecule has 0 aliphatic rings. The van der Waals surface area contributed by atoms with Crippen LogP contribution in [-0.4, -0.2) is 35.3 Å². The van der Waals surface area contributed by atoms with E-state index in [-0.39, 0.29) is 28.6 Å². The molecule has 1 atom stereocenters. The molecule has 0 aliphatic heterocycles. The molecule has 2 aromatic carbocycles. The molecule has 0 bridgehead atoms. The number of rotatable bonds is 6. The molecular weight excluding hydrogens is 309 g/mol. The minimum absolute atomic E-state index is 0.0502. The average Bonchev–Trinajstić information content (AvgIpc) is 2.53. The first kappa shape index (κ1) is 16.4. The minimum atomic E-state index is -1.06. The van der Waals surface area contributed by atoms with Gasteiger partial charge in [-0.1, -0.05) is 41.9 Å². The van der Waals surface area contributed by atoms with E-state index in [0.29, 0.717) is 5.56 Å². The summed E-state index contributed by atoms with van der Waals surface area (Å²) in [6, 6.07) is 10.9. The van der Waals surface area contributed by atoms with Crippen LogP contribution in [0.1, 0.15) is 15.9 Å². The van der Waals surface area contributed by atoms with Crippen molar-refractivity contribution in [3.05, 3.63) is 64.4 Å². The fourth-order valence-corrected chi connectivity index (χ4v) is 2.17. The Morgan fingerprint density at radius 1 is 1.27 bits per heavy atom. The lowest BCUT2D eigenvalue weighted by atomic mass is 10.0. The largest absolute Gasteiger partial charge is 0.394 e. The number of carbonyl (C=O) groups is 1. The van der Waals surface area contributed by atoms with Gasteiger partial charge in [0, 0.05) is 17.1 Å². The monoisotopic (exact) mass is 323 g/mol. The van der Waals surface area contributed by atoms with Crippen molar-refractivity contribution in [2.24, 2.45) is 0 Å². The maximum absolute atomic E-state index is 14.1. The Labute approximate surface area is 132 Å². The predicted molar refractivity (Wildman–Crippen MR) is 82.9 cm³/mol. The number of hydrogen-bond acceptors (Lipinski definition) is 4. The number of aliphatic hydroxyl groups excluding tert-OH is 2. The number of hydrogen-bond donors (Lipinski definition) is 3. The smallest absolute Gasteiger partial charge is 0.195 e. The first-order chi connectivity index (χ1) is 10.5. The molecule has 0 saturated heterocycles. The lowest BCUT2D eigenvalue weighted by molar-refractivity contribution is 0.103. The van der Waals surface area contributed by atoms with Crippen LogP contribution in [-0.2, 0) is 0 Å². The van der Waals surface area contributed by atoms with Crippen molar-refractivity contribution in [3.63, 3.8) is 0 Å². The van der Waals surface area contributed by atoms with Gasteiger partial charge in [-0.2, -0.15) is 0 Å². The normalized spacial score (nSPS) is 12.0. The van der Waals surface area contributed by atoms with Gasteiger partial charge in [0.15, 0.2) is 5.78 Å². The second kappa shape index (κ2) is 7.35. The molecule has 1 unspecified atom stereocenters. The summed E-state index contributed by atoms with van der Waals surface area (Å²) in [4.78, 5) is 12.5. The lowest BCUT2D eigenvalue weighted by Crippen LogP contribution is -2.24. The van der Waals surface area contributed by atoms with Gasteiger partial charge in [0.2, 0.25) is 0 Å². The van der Waals surface area contributed by atoms with Crippen LogP contribution < -0.4 is 5.32 Å². The topological polar surface area (TPSA) is 69.6 Å². The molecule has 22 heavy (non-hydrogen) atoms. The quantitative estimate of drug-likeness (QED) is 0.714. The molecule has 0 spiro atoms. The molecule has 0 aromatic heterocycles. The highest BCUT2D eigenvalue weighted by atomic mass is 35.5. The molecule has 2 aromatic rings. The molecule has 2 rings (SSSR count). The van der Waals surface area contributed by atoms with Crippen molar-refractivity contribution in [2.75, 3.05) is 18.5 Å². The fraction of sp³-hybridized carbons (Fsp3) is 0.188. The molecule has 0 saturated carbocycles. The van der Waals surface area contributed by atoms with Gasteiger partial charge in [-0.05, 0) is 12.1 Å². The number of nitrogens with one attached hydrogen (secondary N) is 1. The summed E-state index contributed by atoms with van der Waals surface area (Å²) in [5.74, 6) is -1.08. The Bertz CT molecular complexity index is 664. The van der Waals surface area contributed by atoms with Gasteiger partial charge in [-0.25, -0.2) is 4.39 Å². The van der Waals surface area contributed by atoms with E-state index in [1.165, 1.54) is 6.07 Å². The molecule has 116 valence electrons. The zero-order valence-corrected chi connectivity index (χ0v) is 12.3. The van der Waals surface area contributed by atoms with Crippen molar-refractivity contribution in [1.29, 1.82) is 0 Å². The zero-order valence-electron chi connectivity index (χ0n) is 11.6. The third-order valence-electron chi connectivity index (χ3n) is 3.06. The lowest BCUT2D eigenvalue weighted by Gasteiger charge is -2.15. The van der Waals surface area contributed by atoms with E-state index in [0.717, 1.165) is 6.07 Å². The molecule has 0 fully saturated rings. The van der Waals surface area contributed by atoms with Crippen molar-refractivity contribution >= 4 is 23.1 Å². The zero-order chi connectivity index (χ0) is 16.1. The summed E-state index contributed by atoms with van der Waals surface area (Å²) in [5, 5.41) is 20.9. The highest BCUT2D eigenvalue weighted by Gasteiger charge is 2.19. The van der Waals surface area contributed by atoms with E-state index < -0.39 is 18.5 Å². The molecule has 0 aliphatic carbocycles. The van der Waals surface area contributed by atoms with Crippen LogP contribution in [0.25, 0.3) is 0 Å². The van der Waals surface area contributed by atoms with Crippen LogP contribution in [0.2, 0.25) is 5.02 Å². The van der Waals surface area contributed by atoms with Gasteiger partial charge in [0.1, 0.15) is 5.82 Å². The number of halogens is 2. The molecule has 6 heteroatoms. The van der Waals surface area contributed by atoms with E-state index in [1.54, 1.807) is 30.3 Å².